The Morgan fingerprint density at radius 2 is 1.86 bits per heavy atom. The van der Waals surface area contributed by atoms with Gasteiger partial charge in [0.15, 0.2) is 0 Å². The Balaban J connectivity index is 1.24. The van der Waals surface area contributed by atoms with Crippen molar-refractivity contribution in [3.05, 3.63) is 65.0 Å². The van der Waals surface area contributed by atoms with Gasteiger partial charge in [-0.05, 0) is 61.4 Å². The van der Waals surface area contributed by atoms with Crippen LogP contribution in [-0.4, -0.2) is 27.1 Å². The minimum atomic E-state index is -0.559. The minimum Gasteiger partial charge on any atom is -0.330 e. The molecule has 1 aliphatic heterocycles. The molecule has 3 aromatic rings. The number of hydrogen-bond acceptors (Lipinski definition) is 5. The van der Waals surface area contributed by atoms with Gasteiger partial charge in [-0.3, -0.25) is 9.63 Å². The zero-order chi connectivity index (χ0) is 24.5. The van der Waals surface area contributed by atoms with Gasteiger partial charge in [-0.25, -0.2) is 18.8 Å². The number of rotatable bonds is 4. The van der Waals surface area contributed by atoms with Crippen LogP contribution in [0.1, 0.15) is 54.8 Å². The Morgan fingerprint density at radius 3 is 2.60 bits per heavy atom. The number of carbonyl (C=O) groups is 1. The zero-order valence-electron chi connectivity index (χ0n) is 19.0. The lowest BCUT2D eigenvalue weighted by Crippen LogP contribution is -2.37. The Kier molecular flexibility index (Phi) is 6.19. The Hall–Kier alpha value is -3.82. The SMILES string of the molecule is N#Cc1cc(F)cc([C@@H]2CCON2C(=O)C2CCC(Cn3cnc4cc(C#N)c(F)cc43)CC2)c1. The van der Waals surface area contributed by atoms with Crippen LogP contribution < -0.4 is 0 Å². The van der Waals surface area contributed by atoms with Crippen LogP contribution >= 0.6 is 0 Å². The van der Waals surface area contributed by atoms with E-state index >= 15 is 0 Å². The van der Waals surface area contributed by atoms with Gasteiger partial charge < -0.3 is 4.57 Å². The number of imidazole rings is 1. The lowest BCUT2D eigenvalue weighted by atomic mass is 9.81. The monoisotopic (exact) mass is 475 g/mol. The van der Waals surface area contributed by atoms with Crippen LogP contribution in [0.25, 0.3) is 11.0 Å². The standard InChI is InChI=1S/C26H23F2N5O2/c27-21-8-17(12-29)7-19(9-21)24-5-6-35-33(24)26(34)18-3-1-16(2-4-18)14-32-15-31-23-10-20(13-30)22(28)11-25(23)32/h7-11,15-16,18,24H,1-6,14H2/t16?,18?,24-/m0/s1. The molecule has 1 amide bonds. The van der Waals surface area contributed by atoms with Gasteiger partial charge in [0.1, 0.15) is 17.7 Å². The van der Waals surface area contributed by atoms with E-state index in [0.717, 1.165) is 12.8 Å². The van der Waals surface area contributed by atoms with Crippen molar-refractivity contribution in [1.82, 2.24) is 14.6 Å². The van der Waals surface area contributed by atoms with Crippen molar-refractivity contribution in [1.29, 1.82) is 10.5 Å². The highest BCUT2D eigenvalue weighted by molar-refractivity contribution is 5.79. The molecule has 2 fully saturated rings. The maximum absolute atomic E-state index is 14.1. The minimum absolute atomic E-state index is 0.0219. The van der Waals surface area contributed by atoms with E-state index in [1.54, 1.807) is 12.4 Å². The van der Waals surface area contributed by atoms with Crippen molar-refractivity contribution in [3.8, 4) is 12.1 Å². The highest BCUT2D eigenvalue weighted by atomic mass is 19.1. The van der Waals surface area contributed by atoms with E-state index in [1.807, 2.05) is 16.7 Å². The Morgan fingerprint density at radius 1 is 1.06 bits per heavy atom. The van der Waals surface area contributed by atoms with E-state index in [2.05, 4.69) is 4.98 Å². The number of hydroxylamine groups is 2. The van der Waals surface area contributed by atoms with E-state index in [-0.39, 0.29) is 23.0 Å². The quantitative estimate of drug-likeness (QED) is 0.542. The van der Waals surface area contributed by atoms with E-state index in [4.69, 9.17) is 15.4 Å². The highest BCUT2D eigenvalue weighted by Crippen LogP contribution is 2.37. The van der Waals surface area contributed by atoms with Gasteiger partial charge >= 0.3 is 0 Å². The first-order valence-corrected chi connectivity index (χ1v) is 11.7. The Bertz CT molecular complexity index is 1360. The number of carbonyl (C=O) groups excluding carboxylic acids is 1. The lowest BCUT2D eigenvalue weighted by molar-refractivity contribution is -0.183. The second-order valence-corrected chi connectivity index (χ2v) is 9.23. The van der Waals surface area contributed by atoms with Crippen molar-refractivity contribution in [3.63, 3.8) is 0 Å². The summed E-state index contributed by atoms with van der Waals surface area (Å²) in [6.07, 6.45) is 5.26. The van der Waals surface area contributed by atoms with Crippen molar-refractivity contribution in [2.45, 2.75) is 44.7 Å². The van der Waals surface area contributed by atoms with E-state index in [9.17, 15) is 13.6 Å². The van der Waals surface area contributed by atoms with E-state index < -0.39 is 17.7 Å². The van der Waals surface area contributed by atoms with Crippen molar-refractivity contribution in [2.75, 3.05) is 6.61 Å². The van der Waals surface area contributed by atoms with Gasteiger partial charge in [-0.2, -0.15) is 10.5 Å². The molecule has 0 radical (unpaired) electrons. The summed E-state index contributed by atoms with van der Waals surface area (Å²) >= 11 is 0. The van der Waals surface area contributed by atoms with Crippen LogP contribution in [-0.2, 0) is 16.2 Å². The molecule has 0 bridgehead atoms. The van der Waals surface area contributed by atoms with Crippen LogP contribution in [0.2, 0.25) is 0 Å². The average Bonchev–Trinajstić information content (AvgIpc) is 3.50. The first-order chi connectivity index (χ1) is 17.0. The maximum atomic E-state index is 14.1. The number of aromatic nitrogens is 2. The molecule has 2 heterocycles. The number of halogens is 2. The van der Waals surface area contributed by atoms with Gasteiger partial charge in [-0.1, -0.05) is 0 Å². The molecule has 2 aliphatic rings. The fourth-order valence-corrected chi connectivity index (χ4v) is 5.22. The molecular weight excluding hydrogens is 452 g/mol. The van der Waals surface area contributed by atoms with Crippen molar-refractivity contribution < 1.29 is 18.4 Å². The molecule has 9 heteroatoms. The van der Waals surface area contributed by atoms with Crippen LogP contribution in [0.5, 0.6) is 0 Å². The van der Waals surface area contributed by atoms with Crippen LogP contribution in [0.3, 0.4) is 0 Å². The molecule has 35 heavy (non-hydrogen) atoms. The van der Waals surface area contributed by atoms with E-state index in [1.165, 1.54) is 29.3 Å². The molecule has 178 valence electrons. The van der Waals surface area contributed by atoms with Crippen LogP contribution in [0, 0.1) is 46.1 Å². The first-order valence-electron chi connectivity index (χ1n) is 11.7. The molecule has 7 nitrogen and oxygen atoms in total. The van der Waals surface area contributed by atoms with Gasteiger partial charge in [0.25, 0.3) is 0 Å². The number of nitrogens with zero attached hydrogens (tertiary/aromatic N) is 5. The maximum Gasteiger partial charge on any atom is 0.249 e. The molecule has 2 aromatic carbocycles. The predicted octanol–water partition coefficient (Wildman–Crippen LogP) is 4.77. The third-order valence-corrected chi connectivity index (χ3v) is 7.04. The largest absolute Gasteiger partial charge is 0.330 e. The van der Waals surface area contributed by atoms with Gasteiger partial charge in [0, 0.05) is 24.9 Å². The predicted molar refractivity (Wildman–Crippen MR) is 121 cm³/mol. The molecule has 5 rings (SSSR count). The summed E-state index contributed by atoms with van der Waals surface area (Å²) < 4.78 is 30.0. The topological polar surface area (TPSA) is 94.9 Å². The summed E-state index contributed by atoms with van der Waals surface area (Å²) in [4.78, 5) is 23.2. The smallest absolute Gasteiger partial charge is 0.249 e. The molecular formula is C26H23F2N5O2. The third-order valence-electron chi connectivity index (χ3n) is 7.04. The molecule has 1 aliphatic carbocycles. The normalized spacial score (nSPS) is 22.2. The van der Waals surface area contributed by atoms with E-state index in [0.29, 0.717) is 54.9 Å². The summed E-state index contributed by atoms with van der Waals surface area (Å²) in [6.45, 7) is 1.02. The number of nitriles is 2. The second-order valence-electron chi connectivity index (χ2n) is 9.23. The van der Waals surface area contributed by atoms with Gasteiger partial charge in [0.2, 0.25) is 5.91 Å². The second kappa shape index (κ2) is 9.44. The molecule has 0 unspecified atom stereocenters. The molecule has 0 N–H and O–H groups in total. The Labute approximate surface area is 201 Å². The molecule has 0 spiro atoms. The fraction of sp³-hybridized carbons (Fsp3) is 0.385. The number of benzene rings is 2. The van der Waals surface area contributed by atoms with Gasteiger partial charge in [0.05, 0.1) is 47.2 Å². The average molecular weight is 475 g/mol. The van der Waals surface area contributed by atoms with Crippen LogP contribution in [0.4, 0.5) is 8.78 Å². The van der Waals surface area contributed by atoms with Gasteiger partial charge in [-0.15, -0.1) is 0 Å². The first kappa shape index (κ1) is 22.9. The highest BCUT2D eigenvalue weighted by Gasteiger charge is 2.37. The summed E-state index contributed by atoms with van der Waals surface area (Å²) in [5.74, 6) is -1.04. The third kappa shape index (κ3) is 4.48. The summed E-state index contributed by atoms with van der Waals surface area (Å²) in [6, 6.07) is 10.3. The zero-order valence-corrected chi connectivity index (χ0v) is 19.0. The van der Waals surface area contributed by atoms with Crippen LogP contribution in [0.15, 0.2) is 36.7 Å². The molecule has 1 saturated carbocycles. The van der Waals surface area contributed by atoms with Crippen molar-refractivity contribution in [2.24, 2.45) is 11.8 Å². The summed E-state index contributed by atoms with van der Waals surface area (Å²) in [5, 5.41) is 19.5. The summed E-state index contributed by atoms with van der Waals surface area (Å²) in [5.41, 5.74) is 2.00. The summed E-state index contributed by atoms with van der Waals surface area (Å²) in [7, 11) is 0. The fourth-order valence-electron chi connectivity index (χ4n) is 5.22. The number of amides is 1. The molecule has 1 aromatic heterocycles. The van der Waals surface area contributed by atoms with Crippen molar-refractivity contribution >= 4 is 16.9 Å². The molecule has 1 saturated heterocycles. The lowest BCUT2D eigenvalue weighted by Gasteiger charge is -2.32. The number of hydrogen-bond donors (Lipinski definition) is 0. The number of fused-ring (bicyclic) bond motifs is 1. The molecule has 1 atom stereocenters.